The molecule has 2 aromatic rings. The van der Waals surface area contributed by atoms with Crippen LogP contribution in [0.2, 0.25) is 0 Å². The summed E-state index contributed by atoms with van der Waals surface area (Å²) in [6.07, 6.45) is 1.15. The summed E-state index contributed by atoms with van der Waals surface area (Å²) in [5.41, 5.74) is 1.02. The normalized spacial score (nSPS) is 10.9. The molecule has 2 rings (SSSR count). The summed E-state index contributed by atoms with van der Waals surface area (Å²) < 4.78 is 42.3. The fraction of sp³-hybridized carbons (Fsp3) is 0.176. The van der Waals surface area contributed by atoms with Crippen LogP contribution >= 0.6 is 0 Å². The molecular weight excluding hydrogens is 337 g/mol. The summed E-state index contributed by atoms with van der Waals surface area (Å²) in [6.45, 7) is -1.78. The van der Waals surface area contributed by atoms with Gasteiger partial charge in [-0.1, -0.05) is 23.4 Å². The van der Waals surface area contributed by atoms with Crippen LogP contribution in [0.4, 0.5) is 18.9 Å². The van der Waals surface area contributed by atoms with Gasteiger partial charge in [-0.25, -0.2) is 4.39 Å². The van der Waals surface area contributed by atoms with Gasteiger partial charge in [0, 0.05) is 11.3 Å². The molecule has 1 amide bonds. The van der Waals surface area contributed by atoms with Crippen LogP contribution < -0.4 is 10.1 Å². The molecule has 0 atom stereocenters. The molecule has 0 saturated carbocycles. The number of alkyl halides is 2. The second-order valence-electron chi connectivity index (χ2n) is 4.94. The summed E-state index contributed by atoms with van der Waals surface area (Å²) in [5, 5.41) is 5.98. The van der Waals surface area contributed by atoms with Crippen molar-refractivity contribution in [2.45, 2.75) is 13.5 Å². The lowest BCUT2D eigenvalue weighted by atomic mass is 10.2. The zero-order valence-corrected chi connectivity index (χ0v) is 13.2. The molecular formula is C17H15F3N2O3. The molecule has 0 aliphatic rings. The van der Waals surface area contributed by atoms with E-state index in [2.05, 4.69) is 15.2 Å². The van der Waals surface area contributed by atoms with Gasteiger partial charge < -0.3 is 14.9 Å². The second kappa shape index (κ2) is 8.72. The van der Waals surface area contributed by atoms with Crippen molar-refractivity contribution in [3.63, 3.8) is 0 Å². The smallest absolute Gasteiger partial charge is 0.387 e. The van der Waals surface area contributed by atoms with Crippen molar-refractivity contribution in [1.82, 2.24) is 0 Å². The maximum Gasteiger partial charge on any atom is 0.387 e. The molecule has 0 aliphatic carbocycles. The molecule has 25 heavy (non-hydrogen) atoms. The number of amides is 1. The van der Waals surface area contributed by atoms with Gasteiger partial charge in [0.25, 0.3) is 5.91 Å². The first kappa shape index (κ1) is 18.3. The van der Waals surface area contributed by atoms with Gasteiger partial charge >= 0.3 is 6.61 Å². The van der Waals surface area contributed by atoms with Crippen molar-refractivity contribution in [2.24, 2.45) is 5.16 Å². The number of anilines is 1. The lowest BCUT2D eigenvalue weighted by Crippen LogP contribution is -2.17. The van der Waals surface area contributed by atoms with Crippen LogP contribution in [0.15, 0.2) is 47.6 Å². The highest BCUT2D eigenvalue weighted by Crippen LogP contribution is 2.18. The first-order valence-corrected chi connectivity index (χ1v) is 7.21. The minimum Gasteiger partial charge on any atom is -0.434 e. The van der Waals surface area contributed by atoms with Crippen molar-refractivity contribution in [2.75, 3.05) is 11.9 Å². The van der Waals surface area contributed by atoms with Crippen LogP contribution in [0.5, 0.6) is 5.75 Å². The average molecular weight is 352 g/mol. The first-order valence-electron chi connectivity index (χ1n) is 7.21. The van der Waals surface area contributed by atoms with E-state index in [4.69, 9.17) is 4.84 Å². The minimum absolute atomic E-state index is 0.0653. The van der Waals surface area contributed by atoms with Crippen LogP contribution in [0.3, 0.4) is 0 Å². The van der Waals surface area contributed by atoms with E-state index in [0.717, 1.165) is 6.21 Å². The Kier molecular flexibility index (Phi) is 6.39. The number of hydrogen-bond acceptors (Lipinski definition) is 4. The van der Waals surface area contributed by atoms with Gasteiger partial charge in [0.2, 0.25) is 0 Å². The number of ether oxygens (including phenoxy) is 1. The molecule has 0 heterocycles. The zero-order valence-electron chi connectivity index (χ0n) is 13.2. The summed E-state index contributed by atoms with van der Waals surface area (Å²) in [7, 11) is 0. The van der Waals surface area contributed by atoms with Gasteiger partial charge in [-0.2, -0.15) is 8.78 Å². The minimum atomic E-state index is -2.96. The lowest BCUT2D eigenvalue weighted by Gasteiger charge is -2.07. The number of rotatable bonds is 7. The Labute approximate surface area is 142 Å². The molecule has 132 valence electrons. The zero-order chi connectivity index (χ0) is 18.2. The molecule has 1 N–H and O–H groups in total. The van der Waals surface area contributed by atoms with E-state index >= 15 is 0 Å². The van der Waals surface area contributed by atoms with Crippen LogP contribution in [0, 0.1) is 12.7 Å². The van der Waals surface area contributed by atoms with E-state index in [9.17, 15) is 18.0 Å². The number of para-hydroxylation sites is 1. The molecule has 0 saturated heterocycles. The Morgan fingerprint density at radius 2 is 2.04 bits per heavy atom. The molecule has 0 aliphatic heterocycles. The van der Waals surface area contributed by atoms with Crippen molar-refractivity contribution >= 4 is 17.8 Å². The number of nitrogens with zero attached hydrogens (tertiary/aromatic N) is 1. The van der Waals surface area contributed by atoms with Gasteiger partial charge in [0.1, 0.15) is 11.6 Å². The van der Waals surface area contributed by atoms with Gasteiger partial charge in [0.15, 0.2) is 6.61 Å². The Hall–Kier alpha value is -3.03. The SMILES string of the molecule is Cc1ccc(NC(=O)CO/N=C\c2ccccc2OC(F)F)cc1F. The molecule has 0 fully saturated rings. The number of carbonyl (C=O) groups is 1. The van der Waals surface area contributed by atoms with Crippen LogP contribution in [-0.4, -0.2) is 25.3 Å². The van der Waals surface area contributed by atoms with Crippen molar-refractivity contribution in [3.05, 3.63) is 59.4 Å². The van der Waals surface area contributed by atoms with E-state index in [-0.39, 0.29) is 17.0 Å². The van der Waals surface area contributed by atoms with E-state index in [1.807, 2.05) is 0 Å². The Balaban J connectivity index is 1.86. The molecule has 0 aromatic heterocycles. The molecule has 5 nitrogen and oxygen atoms in total. The number of halogens is 3. The predicted octanol–water partition coefficient (Wildman–Crippen LogP) is 3.72. The van der Waals surface area contributed by atoms with Gasteiger partial charge in [-0.3, -0.25) is 4.79 Å². The third-order valence-electron chi connectivity index (χ3n) is 3.05. The summed E-state index contributed by atoms with van der Waals surface area (Å²) >= 11 is 0. The third-order valence-corrected chi connectivity index (χ3v) is 3.05. The van der Waals surface area contributed by atoms with E-state index in [1.165, 1.54) is 30.3 Å². The van der Waals surface area contributed by atoms with E-state index < -0.39 is 24.9 Å². The summed E-state index contributed by atoms with van der Waals surface area (Å²) in [5.74, 6) is -1.05. The number of oxime groups is 1. The Morgan fingerprint density at radius 3 is 2.76 bits per heavy atom. The van der Waals surface area contributed by atoms with Crippen LogP contribution in [0.25, 0.3) is 0 Å². The topological polar surface area (TPSA) is 59.9 Å². The predicted molar refractivity (Wildman–Crippen MR) is 86.4 cm³/mol. The number of nitrogens with one attached hydrogen (secondary N) is 1. The Bertz CT molecular complexity index is 767. The highest BCUT2D eigenvalue weighted by atomic mass is 19.3. The standard InChI is InChI=1S/C17H15F3N2O3/c1-11-6-7-13(8-14(11)18)22-16(23)10-24-21-9-12-4-2-3-5-15(12)25-17(19)20/h2-9,17H,10H2,1H3,(H,22,23)/b21-9-. The number of carbonyl (C=O) groups excluding carboxylic acids is 1. The molecule has 0 radical (unpaired) electrons. The van der Waals surface area contributed by atoms with Crippen LogP contribution in [0.1, 0.15) is 11.1 Å². The third kappa shape index (κ3) is 5.83. The summed E-state index contributed by atoms with van der Waals surface area (Å²) in [6, 6.07) is 10.3. The van der Waals surface area contributed by atoms with Crippen molar-refractivity contribution in [3.8, 4) is 5.75 Å². The van der Waals surface area contributed by atoms with Crippen LogP contribution in [-0.2, 0) is 9.63 Å². The van der Waals surface area contributed by atoms with Gasteiger partial charge in [-0.05, 0) is 36.8 Å². The number of hydrogen-bond donors (Lipinski definition) is 1. The monoisotopic (exact) mass is 352 g/mol. The number of aryl methyl sites for hydroxylation is 1. The maximum atomic E-state index is 13.4. The van der Waals surface area contributed by atoms with Gasteiger partial charge in [0.05, 0.1) is 6.21 Å². The quantitative estimate of drug-likeness (QED) is 0.610. The maximum absolute atomic E-state index is 13.4. The van der Waals surface area contributed by atoms with Crippen molar-refractivity contribution < 1.29 is 27.5 Å². The first-order chi connectivity index (χ1) is 12.0. The Morgan fingerprint density at radius 1 is 1.28 bits per heavy atom. The van der Waals surface area contributed by atoms with E-state index in [1.54, 1.807) is 19.1 Å². The molecule has 2 aromatic carbocycles. The van der Waals surface area contributed by atoms with Gasteiger partial charge in [-0.15, -0.1) is 0 Å². The molecule has 8 heteroatoms. The lowest BCUT2D eigenvalue weighted by molar-refractivity contribution is -0.120. The fourth-order valence-corrected chi connectivity index (χ4v) is 1.85. The average Bonchev–Trinajstić information content (AvgIpc) is 2.56. The highest BCUT2D eigenvalue weighted by Gasteiger charge is 2.08. The molecule has 0 bridgehead atoms. The largest absolute Gasteiger partial charge is 0.434 e. The summed E-state index contributed by atoms with van der Waals surface area (Å²) in [4.78, 5) is 16.5. The van der Waals surface area contributed by atoms with E-state index in [0.29, 0.717) is 5.56 Å². The number of benzene rings is 2. The molecule has 0 spiro atoms. The molecule has 0 unspecified atom stereocenters. The second-order valence-corrected chi connectivity index (χ2v) is 4.94. The van der Waals surface area contributed by atoms with Crippen molar-refractivity contribution in [1.29, 1.82) is 0 Å². The fourth-order valence-electron chi connectivity index (χ4n) is 1.85. The highest BCUT2D eigenvalue weighted by molar-refractivity contribution is 5.91.